The number of benzene rings is 1. The molecule has 0 saturated heterocycles. The van der Waals surface area contributed by atoms with Crippen LogP contribution >= 0.6 is 22.3 Å². The van der Waals surface area contributed by atoms with E-state index in [1.807, 2.05) is 30.3 Å². The predicted molar refractivity (Wildman–Crippen MR) is 73.2 cm³/mol. The molecule has 2 rings (SSSR count). The van der Waals surface area contributed by atoms with Crippen molar-refractivity contribution in [3.63, 3.8) is 0 Å². The van der Waals surface area contributed by atoms with E-state index >= 15 is 0 Å². The first-order valence-corrected chi connectivity index (χ1v) is 4.08. The summed E-state index contributed by atoms with van der Waals surface area (Å²) >= 11 is 0. The second-order valence-corrected chi connectivity index (χ2v) is 2.71. The fourth-order valence-corrected chi connectivity index (χ4v) is 0.682. The van der Waals surface area contributed by atoms with Crippen LogP contribution < -0.4 is 0 Å². The molecule has 3 heteroatoms. The van der Waals surface area contributed by atoms with E-state index in [0.717, 1.165) is 5.56 Å². The van der Waals surface area contributed by atoms with Crippen molar-refractivity contribution < 1.29 is 0 Å². The van der Waals surface area contributed by atoms with Crippen LogP contribution in [0.5, 0.6) is 0 Å². The van der Waals surface area contributed by atoms with Gasteiger partial charge in [0.25, 0.3) is 0 Å². The Kier molecular flexibility index (Phi) is 19.4. The Labute approximate surface area is 113 Å². The van der Waals surface area contributed by atoms with Gasteiger partial charge in [0.2, 0.25) is 0 Å². The zero-order valence-electron chi connectivity index (χ0n) is 8.61. The van der Waals surface area contributed by atoms with Gasteiger partial charge in [-0.2, -0.15) is 47.4 Å². The summed E-state index contributed by atoms with van der Waals surface area (Å²) in [6, 6.07) is 9.87. The van der Waals surface area contributed by atoms with Gasteiger partial charge in [0.15, 0.2) is 0 Å². The van der Waals surface area contributed by atoms with Gasteiger partial charge in [0.1, 0.15) is 0 Å². The molecule has 1 atom stereocenters. The minimum Gasteiger partial charge on any atom is -0.329 e. The quantitative estimate of drug-likeness (QED) is 0.371. The van der Waals surface area contributed by atoms with E-state index in [0.29, 0.717) is 0 Å². The first-order valence-electron chi connectivity index (χ1n) is 4.08. The molecular formula is C11H18ClMgP. The third-order valence-electron chi connectivity index (χ3n) is 1.66. The molecule has 0 aliphatic heterocycles. The Morgan fingerprint density at radius 3 is 1.57 bits per heavy atom. The standard InChI is InChI=1S/C7H7.C4H7.ClH.Mg.H3P/c1-7-5-3-2-4-6-7;1-2-4-3-1;;;/h2-6H,1H2;1H,2-4H2;1H;;1H3/q2*-1;;+2;. The van der Waals surface area contributed by atoms with Crippen molar-refractivity contribution in [1.29, 1.82) is 0 Å². The molecule has 0 aromatic heterocycles. The van der Waals surface area contributed by atoms with E-state index in [-0.39, 0.29) is 45.4 Å². The van der Waals surface area contributed by atoms with Crippen LogP contribution in [0.3, 0.4) is 0 Å². The van der Waals surface area contributed by atoms with E-state index in [1.165, 1.54) is 19.3 Å². The second kappa shape index (κ2) is 13.6. The first kappa shape index (κ1) is 20.0. The summed E-state index contributed by atoms with van der Waals surface area (Å²) in [5, 5.41) is 0. The van der Waals surface area contributed by atoms with Gasteiger partial charge in [-0.15, -0.1) is 31.0 Å². The smallest absolute Gasteiger partial charge is 0.329 e. The van der Waals surface area contributed by atoms with Gasteiger partial charge in [0.05, 0.1) is 0 Å². The fraction of sp³-hybridized carbons (Fsp3) is 0.273. The van der Waals surface area contributed by atoms with Gasteiger partial charge in [-0.3, -0.25) is 0 Å². The molecule has 0 bridgehead atoms. The van der Waals surface area contributed by atoms with Crippen LogP contribution in [0.15, 0.2) is 30.3 Å². The molecule has 76 valence electrons. The second-order valence-electron chi connectivity index (χ2n) is 2.71. The third-order valence-corrected chi connectivity index (χ3v) is 1.66. The molecule has 1 unspecified atom stereocenters. The summed E-state index contributed by atoms with van der Waals surface area (Å²) < 4.78 is 0. The zero-order valence-corrected chi connectivity index (χ0v) is 12.3. The molecule has 1 aliphatic rings. The van der Waals surface area contributed by atoms with Crippen molar-refractivity contribution >= 4 is 45.4 Å². The number of rotatable bonds is 0. The van der Waals surface area contributed by atoms with Crippen LogP contribution in [0, 0.1) is 13.3 Å². The molecule has 0 amide bonds. The molecule has 1 saturated carbocycles. The third kappa shape index (κ3) is 10.7. The first-order chi connectivity index (χ1) is 5.39. The minimum absolute atomic E-state index is 0. The summed E-state index contributed by atoms with van der Waals surface area (Å²) in [5.41, 5.74) is 1.07. The van der Waals surface area contributed by atoms with Gasteiger partial charge in [0, 0.05) is 0 Å². The van der Waals surface area contributed by atoms with Crippen LogP contribution in [0.2, 0.25) is 0 Å². The van der Waals surface area contributed by atoms with E-state index in [4.69, 9.17) is 0 Å². The average molecular weight is 241 g/mol. The number of halogens is 1. The molecule has 14 heavy (non-hydrogen) atoms. The van der Waals surface area contributed by atoms with Crippen molar-refractivity contribution in [2.24, 2.45) is 0 Å². The topological polar surface area (TPSA) is 0 Å². The van der Waals surface area contributed by atoms with E-state index in [9.17, 15) is 0 Å². The van der Waals surface area contributed by atoms with Gasteiger partial charge in [-0.05, 0) is 0 Å². The maximum Gasteiger partial charge on any atom is 2.00 e. The van der Waals surface area contributed by atoms with Crippen molar-refractivity contribution in [2.45, 2.75) is 19.3 Å². The summed E-state index contributed by atoms with van der Waals surface area (Å²) in [6.45, 7) is 3.72. The summed E-state index contributed by atoms with van der Waals surface area (Å²) in [6.07, 6.45) is 6.50. The van der Waals surface area contributed by atoms with E-state index < -0.39 is 0 Å². The van der Waals surface area contributed by atoms with Crippen LogP contribution in [-0.2, 0) is 0 Å². The average Bonchev–Trinajstić information content (AvgIpc) is 1.85. The summed E-state index contributed by atoms with van der Waals surface area (Å²) in [4.78, 5) is 0. The van der Waals surface area contributed by atoms with Gasteiger partial charge in [-0.25, -0.2) is 0 Å². The molecule has 0 N–H and O–H groups in total. The predicted octanol–water partition coefficient (Wildman–Crippen LogP) is 3.34. The zero-order chi connectivity index (χ0) is 7.94. The minimum atomic E-state index is 0. The maximum absolute atomic E-state index is 3.72. The Morgan fingerprint density at radius 1 is 1.07 bits per heavy atom. The molecule has 0 nitrogen and oxygen atoms in total. The largest absolute Gasteiger partial charge is 2.00 e. The molecule has 1 aliphatic carbocycles. The molecular weight excluding hydrogens is 223 g/mol. The monoisotopic (exact) mass is 240 g/mol. The summed E-state index contributed by atoms with van der Waals surface area (Å²) in [5.74, 6) is 0. The molecule has 0 radical (unpaired) electrons. The van der Waals surface area contributed by atoms with Crippen molar-refractivity contribution in [3.05, 3.63) is 49.2 Å². The Bertz CT molecular complexity index is 184. The van der Waals surface area contributed by atoms with Crippen molar-refractivity contribution in [2.75, 3.05) is 0 Å². The molecule has 0 heterocycles. The Hall–Kier alpha value is 0.576. The van der Waals surface area contributed by atoms with Gasteiger partial charge >= 0.3 is 23.1 Å². The van der Waals surface area contributed by atoms with Gasteiger partial charge in [-0.1, -0.05) is 6.07 Å². The summed E-state index contributed by atoms with van der Waals surface area (Å²) in [7, 11) is 0. The van der Waals surface area contributed by atoms with Crippen LogP contribution in [0.1, 0.15) is 24.8 Å². The molecule has 0 spiro atoms. The van der Waals surface area contributed by atoms with Crippen LogP contribution in [-0.4, -0.2) is 23.1 Å². The van der Waals surface area contributed by atoms with Crippen molar-refractivity contribution in [3.8, 4) is 0 Å². The Morgan fingerprint density at radius 2 is 1.43 bits per heavy atom. The van der Waals surface area contributed by atoms with Crippen LogP contribution in [0.25, 0.3) is 0 Å². The molecule has 1 fully saturated rings. The van der Waals surface area contributed by atoms with E-state index in [1.54, 1.807) is 0 Å². The van der Waals surface area contributed by atoms with Crippen molar-refractivity contribution in [1.82, 2.24) is 0 Å². The SMILES string of the molecule is Cl.P.[CH-]1CCC1.[CH2-]c1ccccc1.[Mg+2]. The normalized spacial score (nSPS) is 11.1. The van der Waals surface area contributed by atoms with Crippen LogP contribution in [0.4, 0.5) is 0 Å². The molecule has 1 aromatic rings. The molecule has 1 aromatic carbocycles. The fourth-order valence-electron chi connectivity index (χ4n) is 0.682. The maximum atomic E-state index is 3.72. The Balaban J connectivity index is -0.000000154. The van der Waals surface area contributed by atoms with Gasteiger partial charge < -0.3 is 6.42 Å². The number of hydrogen-bond donors (Lipinski definition) is 0. The number of hydrogen-bond acceptors (Lipinski definition) is 0. The van der Waals surface area contributed by atoms with E-state index in [2.05, 4.69) is 13.3 Å².